The van der Waals surface area contributed by atoms with E-state index >= 15 is 0 Å². The molecule has 2 fully saturated rings. The number of anilines is 2. The Balaban J connectivity index is 0.000000204. The summed E-state index contributed by atoms with van der Waals surface area (Å²) in [6.45, 7) is -5.22. The van der Waals surface area contributed by atoms with Crippen molar-refractivity contribution in [2.24, 2.45) is 11.8 Å². The van der Waals surface area contributed by atoms with Crippen molar-refractivity contribution in [1.29, 1.82) is 0 Å². The molecule has 2 heterocycles. The van der Waals surface area contributed by atoms with Crippen LogP contribution in [0.1, 0.15) is 46.4 Å². The van der Waals surface area contributed by atoms with Gasteiger partial charge < -0.3 is 29.2 Å². The number of hydrogen-bond acceptors (Lipinski definition) is 8. The molecule has 2 aromatic heterocycles. The summed E-state index contributed by atoms with van der Waals surface area (Å²) in [5.41, 5.74) is 0.906. The number of carbonyl (C=O) groups excluding carboxylic acids is 2. The monoisotopic (exact) mass is 818 g/mol. The topological polar surface area (TPSA) is 112 Å². The van der Waals surface area contributed by atoms with Gasteiger partial charge in [-0.3, -0.25) is 19.6 Å². The van der Waals surface area contributed by atoms with Gasteiger partial charge >= 0.3 is 13.2 Å². The second-order valence-electron chi connectivity index (χ2n) is 11.8. The highest BCUT2D eigenvalue weighted by atomic mass is 35.5. The smallest absolute Gasteiger partial charge is 0.387 e. The zero-order valence-electron chi connectivity index (χ0n) is 27.6. The lowest BCUT2D eigenvalue weighted by Crippen LogP contribution is -2.27. The first kappa shape index (κ1) is 40.0. The highest BCUT2D eigenvalue weighted by Crippen LogP contribution is 2.38. The number of nitrogens with zero attached hydrogens (tertiary/aromatic N) is 3. The van der Waals surface area contributed by atoms with E-state index in [0.717, 1.165) is 25.7 Å². The van der Waals surface area contributed by atoms with E-state index in [0.29, 0.717) is 30.7 Å². The highest BCUT2D eigenvalue weighted by molar-refractivity contribution is 6.40. The lowest BCUT2D eigenvalue weighted by atomic mass is 10.1. The van der Waals surface area contributed by atoms with Crippen LogP contribution in [-0.2, 0) is 0 Å². The Bertz CT molecular complexity index is 1900. The van der Waals surface area contributed by atoms with E-state index in [9.17, 15) is 27.2 Å². The number of amides is 2. The predicted octanol–water partition coefficient (Wildman–Crippen LogP) is 10.1. The molecule has 282 valence electrons. The van der Waals surface area contributed by atoms with Crippen LogP contribution in [-0.4, -0.2) is 55.3 Å². The van der Waals surface area contributed by atoms with Crippen molar-refractivity contribution < 1.29 is 46.1 Å². The van der Waals surface area contributed by atoms with Crippen molar-refractivity contribution in [3.05, 3.63) is 92.4 Å². The molecule has 2 aliphatic rings. The summed E-state index contributed by atoms with van der Waals surface area (Å²) in [7, 11) is 1.50. The SMILES string of the molecule is CN(C(=O)c1ccc(OC(F)F)c(OCC2CC2)c1)c1c(Cl)cncc1Cl.O=C(Nc1c(Cl)cncc1Cl)c1ccc(OC(F)F)c(OCC2CC2)c1. The number of benzene rings is 2. The number of ether oxygens (including phenoxy) is 4. The summed E-state index contributed by atoms with van der Waals surface area (Å²) in [4.78, 5) is 34.2. The Morgan fingerprint density at radius 1 is 0.717 bits per heavy atom. The van der Waals surface area contributed by atoms with Gasteiger partial charge in [-0.15, -0.1) is 0 Å². The summed E-state index contributed by atoms with van der Waals surface area (Å²) >= 11 is 24.1. The lowest BCUT2D eigenvalue weighted by molar-refractivity contribution is -0.0521. The minimum atomic E-state index is -2.99. The number of pyridine rings is 2. The molecule has 53 heavy (non-hydrogen) atoms. The van der Waals surface area contributed by atoms with Gasteiger partial charge in [-0.05, 0) is 73.9 Å². The Morgan fingerprint density at radius 3 is 1.60 bits per heavy atom. The molecule has 10 nitrogen and oxygen atoms in total. The zero-order valence-corrected chi connectivity index (χ0v) is 30.7. The van der Waals surface area contributed by atoms with Gasteiger partial charge in [0.2, 0.25) is 0 Å². The van der Waals surface area contributed by atoms with Crippen LogP contribution < -0.4 is 29.2 Å². The molecular weight excluding hydrogens is 790 g/mol. The Labute approximate surface area is 321 Å². The van der Waals surface area contributed by atoms with Gasteiger partial charge in [-0.1, -0.05) is 46.4 Å². The van der Waals surface area contributed by atoms with Crippen molar-refractivity contribution in [3.8, 4) is 23.0 Å². The molecule has 2 aromatic carbocycles. The van der Waals surface area contributed by atoms with Gasteiger partial charge in [0.25, 0.3) is 11.8 Å². The van der Waals surface area contributed by atoms with E-state index in [-0.39, 0.29) is 59.9 Å². The lowest BCUT2D eigenvalue weighted by Gasteiger charge is -2.20. The summed E-state index contributed by atoms with van der Waals surface area (Å²) in [6.07, 6.45) is 9.55. The number of rotatable bonds is 14. The summed E-state index contributed by atoms with van der Waals surface area (Å²) in [5.74, 6) is -0.237. The fourth-order valence-electron chi connectivity index (χ4n) is 4.62. The highest BCUT2D eigenvalue weighted by Gasteiger charge is 2.26. The van der Waals surface area contributed by atoms with Gasteiger partial charge in [0.15, 0.2) is 23.0 Å². The van der Waals surface area contributed by atoms with Crippen molar-refractivity contribution in [2.45, 2.75) is 38.9 Å². The quantitative estimate of drug-likeness (QED) is 0.125. The third kappa shape index (κ3) is 11.4. The van der Waals surface area contributed by atoms with Crippen molar-refractivity contribution >= 4 is 69.6 Å². The fraction of sp³-hybridized carbons (Fsp3) is 0.314. The minimum Gasteiger partial charge on any atom is -0.489 e. The Kier molecular flexibility index (Phi) is 13.7. The standard InChI is InChI=1S/C18H16Cl2F2N2O3.C17H14Cl2F2N2O3/c1-24(16-12(19)7-23-8-13(16)20)17(25)11-4-5-14(27-18(21)22)15(6-11)26-9-10-2-3-10;18-11-6-22-7-12(19)15(11)23-16(24)10-3-4-13(26-17(20)21)14(5-10)25-8-9-1-2-9/h4-8,10,18H,2-3,9H2,1H3;3-7,9,17H,1-2,8H2,(H,22,23,24). The van der Waals surface area contributed by atoms with Gasteiger partial charge in [0.1, 0.15) is 0 Å². The van der Waals surface area contributed by atoms with E-state index in [1.807, 2.05) is 0 Å². The third-order valence-electron chi connectivity index (χ3n) is 7.73. The van der Waals surface area contributed by atoms with E-state index in [1.54, 1.807) is 0 Å². The number of aromatic nitrogens is 2. The maximum atomic E-state index is 12.8. The first-order valence-electron chi connectivity index (χ1n) is 15.9. The molecule has 0 radical (unpaired) electrons. The molecule has 1 N–H and O–H groups in total. The molecule has 0 bridgehead atoms. The molecule has 0 aliphatic heterocycles. The number of halogens is 8. The van der Waals surface area contributed by atoms with Crippen LogP contribution in [0.5, 0.6) is 23.0 Å². The van der Waals surface area contributed by atoms with Crippen LogP contribution in [0.15, 0.2) is 61.2 Å². The second kappa shape index (κ2) is 18.2. The Morgan fingerprint density at radius 2 is 1.15 bits per heavy atom. The van der Waals surface area contributed by atoms with Crippen LogP contribution >= 0.6 is 46.4 Å². The van der Waals surface area contributed by atoms with Crippen LogP contribution in [0, 0.1) is 11.8 Å². The van der Waals surface area contributed by atoms with Crippen LogP contribution in [0.3, 0.4) is 0 Å². The Hall–Kier alpha value is -4.24. The van der Waals surface area contributed by atoms with E-state index in [4.69, 9.17) is 55.9 Å². The van der Waals surface area contributed by atoms with Gasteiger partial charge in [-0.25, -0.2) is 0 Å². The zero-order chi connectivity index (χ0) is 38.2. The molecule has 6 rings (SSSR count). The average Bonchev–Trinajstić information content (AvgIpc) is 4.05. The second-order valence-corrected chi connectivity index (χ2v) is 13.5. The van der Waals surface area contributed by atoms with Gasteiger partial charge in [-0.2, -0.15) is 17.6 Å². The summed E-state index contributed by atoms with van der Waals surface area (Å²) in [5, 5.41) is 3.34. The largest absolute Gasteiger partial charge is 0.489 e. The molecule has 0 saturated heterocycles. The molecular formula is C35H30Cl4F4N4O6. The molecule has 18 heteroatoms. The number of hydrogen-bond donors (Lipinski definition) is 1. The first-order valence-corrected chi connectivity index (χ1v) is 17.4. The fourth-order valence-corrected chi connectivity index (χ4v) is 5.70. The average molecular weight is 820 g/mol. The summed E-state index contributed by atoms with van der Waals surface area (Å²) < 4.78 is 70.4. The van der Waals surface area contributed by atoms with E-state index in [2.05, 4.69) is 24.8 Å². The molecule has 4 aromatic rings. The van der Waals surface area contributed by atoms with E-state index < -0.39 is 25.0 Å². The molecule has 0 spiro atoms. The van der Waals surface area contributed by atoms with Gasteiger partial charge in [0, 0.05) is 43.0 Å². The first-order chi connectivity index (χ1) is 25.3. The molecule has 2 aliphatic carbocycles. The molecule has 0 unspecified atom stereocenters. The van der Waals surface area contributed by atoms with Crippen LogP contribution in [0.25, 0.3) is 0 Å². The normalized spacial score (nSPS) is 13.6. The van der Waals surface area contributed by atoms with Gasteiger partial charge in [0.05, 0.1) is 44.7 Å². The number of alkyl halides is 4. The molecule has 0 atom stereocenters. The third-order valence-corrected chi connectivity index (χ3v) is 8.86. The maximum Gasteiger partial charge on any atom is 0.387 e. The van der Waals surface area contributed by atoms with E-state index in [1.165, 1.54) is 73.1 Å². The van der Waals surface area contributed by atoms with Crippen molar-refractivity contribution in [3.63, 3.8) is 0 Å². The van der Waals surface area contributed by atoms with Crippen LogP contribution in [0.2, 0.25) is 20.1 Å². The molecule has 2 amide bonds. The van der Waals surface area contributed by atoms with Crippen molar-refractivity contribution in [1.82, 2.24) is 9.97 Å². The van der Waals surface area contributed by atoms with Crippen molar-refractivity contribution in [2.75, 3.05) is 30.5 Å². The summed E-state index contributed by atoms with van der Waals surface area (Å²) in [6, 6.07) is 7.99. The number of nitrogens with one attached hydrogen (secondary N) is 1. The maximum absolute atomic E-state index is 12.8. The minimum absolute atomic E-state index is 0.0803. The molecule has 2 saturated carbocycles. The number of carbonyl (C=O) groups is 2. The van der Waals surface area contributed by atoms with Crippen LogP contribution in [0.4, 0.5) is 28.9 Å². The predicted molar refractivity (Wildman–Crippen MR) is 192 cm³/mol.